The molecule has 5 nitrogen and oxygen atoms in total. The minimum atomic E-state index is -0.245. The second-order valence-electron chi connectivity index (χ2n) is 6.99. The molecule has 2 amide bonds. The highest BCUT2D eigenvalue weighted by molar-refractivity contribution is 6.34. The summed E-state index contributed by atoms with van der Waals surface area (Å²) >= 11 is 6.11. The van der Waals surface area contributed by atoms with Gasteiger partial charge in [-0.25, -0.2) is 0 Å². The lowest BCUT2D eigenvalue weighted by atomic mass is 9.92. The number of anilines is 1. The van der Waals surface area contributed by atoms with Gasteiger partial charge >= 0.3 is 0 Å². The Morgan fingerprint density at radius 2 is 1.80 bits per heavy atom. The first-order chi connectivity index (χ1) is 11.2. The predicted octanol–water partition coefficient (Wildman–Crippen LogP) is 3.87. The number of rotatable bonds is 8. The Morgan fingerprint density at radius 1 is 1.12 bits per heavy atom. The average Bonchev–Trinajstić information content (AvgIpc) is 2.47. The average molecular weight is 390 g/mol. The van der Waals surface area contributed by atoms with Crippen LogP contribution in [0.4, 0.5) is 5.69 Å². The molecule has 0 fully saturated rings. The smallest absolute Gasteiger partial charge is 0.252 e. The van der Waals surface area contributed by atoms with E-state index in [0.29, 0.717) is 35.8 Å². The van der Waals surface area contributed by atoms with Crippen LogP contribution < -0.4 is 16.0 Å². The number of amides is 2. The molecule has 7 heteroatoms. The third kappa shape index (κ3) is 9.68. The Bertz CT molecular complexity index is 572. The van der Waals surface area contributed by atoms with E-state index in [0.717, 1.165) is 13.0 Å². The summed E-state index contributed by atoms with van der Waals surface area (Å²) in [4.78, 5) is 24.2. The molecule has 1 rings (SSSR count). The molecule has 0 aromatic heterocycles. The number of hydrogen-bond acceptors (Lipinski definition) is 3. The minimum absolute atomic E-state index is 0. The van der Waals surface area contributed by atoms with Gasteiger partial charge in [0, 0.05) is 25.2 Å². The molecule has 0 bridgehead atoms. The normalized spacial score (nSPS) is 10.8. The summed E-state index contributed by atoms with van der Waals surface area (Å²) in [6.07, 6.45) is 1.45. The van der Waals surface area contributed by atoms with Crippen molar-refractivity contribution in [1.29, 1.82) is 0 Å². The lowest BCUT2D eigenvalue weighted by Crippen LogP contribution is -2.32. The molecule has 0 saturated heterocycles. The van der Waals surface area contributed by atoms with Crippen LogP contribution in [0.3, 0.4) is 0 Å². The largest absolute Gasteiger partial charge is 0.351 e. The van der Waals surface area contributed by atoms with Crippen LogP contribution in [-0.4, -0.2) is 31.4 Å². The summed E-state index contributed by atoms with van der Waals surface area (Å²) in [5.41, 5.74) is 0.839. The molecule has 3 N–H and O–H groups in total. The lowest BCUT2D eigenvalue weighted by molar-refractivity contribution is -0.117. The third-order valence-electron chi connectivity index (χ3n) is 3.20. The van der Waals surface area contributed by atoms with E-state index in [4.69, 9.17) is 11.6 Å². The van der Waals surface area contributed by atoms with Crippen LogP contribution in [0.2, 0.25) is 5.02 Å². The van der Waals surface area contributed by atoms with E-state index in [9.17, 15) is 9.59 Å². The fourth-order valence-corrected chi connectivity index (χ4v) is 2.33. The standard InChI is InChI=1S/C18H28ClN3O2.ClH/c1-5-8-20-9-10-21-17(24)14-11-13(6-7-15(14)19)22-16(23)12-18(2,3)4;/h6-7,11,20H,5,8-10,12H2,1-4H3,(H,21,24)(H,22,23);1H. The Kier molecular flexibility index (Phi) is 10.8. The van der Waals surface area contributed by atoms with E-state index < -0.39 is 0 Å². The van der Waals surface area contributed by atoms with E-state index in [-0.39, 0.29) is 29.6 Å². The molecular weight excluding hydrogens is 361 g/mol. The van der Waals surface area contributed by atoms with E-state index in [2.05, 4.69) is 22.9 Å². The third-order valence-corrected chi connectivity index (χ3v) is 3.53. The Labute approximate surface area is 161 Å². The van der Waals surface area contributed by atoms with E-state index in [1.807, 2.05) is 20.8 Å². The molecule has 0 aliphatic carbocycles. The molecule has 0 heterocycles. The number of halogens is 2. The zero-order chi connectivity index (χ0) is 18.2. The van der Waals surface area contributed by atoms with Gasteiger partial charge in [0.2, 0.25) is 5.91 Å². The van der Waals surface area contributed by atoms with E-state index >= 15 is 0 Å². The van der Waals surface area contributed by atoms with Gasteiger partial charge in [-0.05, 0) is 36.6 Å². The van der Waals surface area contributed by atoms with Gasteiger partial charge in [-0.15, -0.1) is 12.4 Å². The van der Waals surface area contributed by atoms with Crippen molar-refractivity contribution in [3.63, 3.8) is 0 Å². The van der Waals surface area contributed by atoms with Crippen molar-refractivity contribution in [3.8, 4) is 0 Å². The molecule has 142 valence electrons. The molecule has 1 aromatic carbocycles. The minimum Gasteiger partial charge on any atom is -0.351 e. The van der Waals surface area contributed by atoms with E-state index in [1.54, 1.807) is 18.2 Å². The Balaban J connectivity index is 0.00000576. The quantitative estimate of drug-likeness (QED) is 0.591. The van der Waals surface area contributed by atoms with E-state index in [1.165, 1.54) is 0 Å². The van der Waals surface area contributed by atoms with Crippen molar-refractivity contribution >= 4 is 41.5 Å². The first-order valence-corrected chi connectivity index (χ1v) is 8.69. The van der Waals surface area contributed by atoms with Crippen LogP contribution in [0.5, 0.6) is 0 Å². The number of nitrogens with one attached hydrogen (secondary N) is 3. The highest BCUT2D eigenvalue weighted by Gasteiger charge is 2.17. The monoisotopic (exact) mass is 389 g/mol. The molecule has 0 radical (unpaired) electrons. The fraction of sp³-hybridized carbons (Fsp3) is 0.556. The lowest BCUT2D eigenvalue weighted by Gasteiger charge is -2.17. The van der Waals surface area contributed by atoms with Crippen molar-refractivity contribution < 1.29 is 9.59 Å². The van der Waals surface area contributed by atoms with Crippen molar-refractivity contribution in [2.45, 2.75) is 40.5 Å². The van der Waals surface area contributed by atoms with Crippen LogP contribution in [0.25, 0.3) is 0 Å². The van der Waals surface area contributed by atoms with Crippen molar-refractivity contribution in [1.82, 2.24) is 10.6 Å². The summed E-state index contributed by atoms with van der Waals surface area (Å²) in [5, 5.41) is 9.21. The fourth-order valence-electron chi connectivity index (χ4n) is 2.13. The highest BCUT2D eigenvalue weighted by atomic mass is 35.5. The van der Waals surface area contributed by atoms with Gasteiger partial charge in [0.1, 0.15) is 0 Å². The summed E-state index contributed by atoms with van der Waals surface area (Å²) in [7, 11) is 0. The molecule has 1 aromatic rings. The molecular formula is C18H29Cl2N3O2. The second-order valence-corrected chi connectivity index (χ2v) is 7.39. The van der Waals surface area contributed by atoms with Crippen molar-refractivity contribution in [2.24, 2.45) is 5.41 Å². The SMILES string of the molecule is CCCNCCNC(=O)c1cc(NC(=O)CC(C)(C)C)ccc1Cl.Cl. The Hall–Kier alpha value is -1.30. The van der Waals surface area contributed by atoms with Crippen molar-refractivity contribution in [3.05, 3.63) is 28.8 Å². The zero-order valence-electron chi connectivity index (χ0n) is 15.4. The maximum absolute atomic E-state index is 12.2. The zero-order valence-corrected chi connectivity index (χ0v) is 16.9. The first-order valence-electron chi connectivity index (χ1n) is 8.31. The van der Waals surface area contributed by atoms with Gasteiger partial charge in [0.25, 0.3) is 5.91 Å². The maximum Gasteiger partial charge on any atom is 0.252 e. The molecule has 0 saturated carbocycles. The summed E-state index contributed by atoms with van der Waals surface area (Å²) in [6.45, 7) is 10.2. The van der Waals surface area contributed by atoms with Crippen molar-refractivity contribution in [2.75, 3.05) is 25.0 Å². The van der Waals surface area contributed by atoms with Crippen LogP contribution in [0, 0.1) is 5.41 Å². The van der Waals surface area contributed by atoms with Gasteiger partial charge in [-0.1, -0.05) is 39.3 Å². The first kappa shape index (κ1) is 23.7. The van der Waals surface area contributed by atoms with Gasteiger partial charge in [0.15, 0.2) is 0 Å². The Morgan fingerprint density at radius 3 is 2.40 bits per heavy atom. The molecule has 0 unspecified atom stereocenters. The second kappa shape index (κ2) is 11.3. The molecule has 0 spiro atoms. The number of carbonyl (C=O) groups excluding carboxylic acids is 2. The summed E-state index contributed by atoms with van der Waals surface area (Å²) in [6, 6.07) is 4.93. The summed E-state index contributed by atoms with van der Waals surface area (Å²) < 4.78 is 0. The van der Waals surface area contributed by atoms with Crippen LogP contribution in [0.15, 0.2) is 18.2 Å². The number of carbonyl (C=O) groups is 2. The highest BCUT2D eigenvalue weighted by Crippen LogP contribution is 2.23. The molecule has 0 atom stereocenters. The van der Waals surface area contributed by atoms with Gasteiger partial charge < -0.3 is 16.0 Å². The van der Waals surface area contributed by atoms with Crippen LogP contribution >= 0.6 is 24.0 Å². The summed E-state index contributed by atoms with van der Waals surface area (Å²) in [5.74, 6) is -0.329. The number of hydrogen-bond donors (Lipinski definition) is 3. The molecule has 25 heavy (non-hydrogen) atoms. The van der Waals surface area contributed by atoms with Crippen LogP contribution in [0.1, 0.15) is 50.9 Å². The molecule has 0 aliphatic rings. The van der Waals surface area contributed by atoms with Gasteiger partial charge in [-0.3, -0.25) is 9.59 Å². The maximum atomic E-state index is 12.2. The van der Waals surface area contributed by atoms with Gasteiger partial charge in [0.05, 0.1) is 10.6 Å². The molecule has 0 aliphatic heterocycles. The van der Waals surface area contributed by atoms with Gasteiger partial charge in [-0.2, -0.15) is 0 Å². The predicted molar refractivity (Wildman–Crippen MR) is 107 cm³/mol. The van der Waals surface area contributed by atoms with Crippen LogP contribution in [-0.2, 0) is 4.79 Å². The number of benzene rings is 1. The topological polar surface area (TPSA) is 70.2 Å².